The summed E-state index contributed by atoms with van der Waals surface area (Å²) in [4.78, 5) is 24.1. The van der Waals surface area contributed by atoms with Gasteiger partial charge in [-0.25, -0.2) is 4.79 Å². The minimum Gasteiger partial charge on any atom is -0.496 e. The van der Waals surface area contributed by atoms with Gasteiger partial charge in [0.2, 0.25) is 0 Å². The van der Waals surface area contributed by atoms with Crippen LogP contribution in [0.4, 0.5) is 4.79 Å². The van der Waals surface area contributed by atoms with Gasteiger partial charge in [0, 0.05) is 17.8 Å². The number of methoxy groups -OCH3 is 1. The van der Waals surface area contributed by atoms with Gasteiger partial charge in [-0.3, -0.25) is 4.79 Å². The Morgan fingerprint density at radius 2 is 1.13 bits per heavy atom. The molecule has 0 atom stereocenters. The Kier molecular flexibility index (Phi) is 9.33. The lowest BCUT2D eigenvalue weighted by Crippen LogP contribution is -2.30. The zero-order valence-electron chi connectivity index (χ0n) is 27.1. The number of hydrogen-bond acceptors (Lipinski definition) is 6. The van der Waals surface area contributed by atoms with Crippen LogP contribution in [0.2, 0.25) is 0 Å². The molecule has 0 heterocycles. The fourth-order valence-electron chi connectivity index (χ4n) is 6.56. The zero-order chi connectivity index (χ0) is 32.2. The van der Waals surface area contributed by atoms with E-state index in [2.05, 4.69) is 51.1 Å². The molecule has 0 aliphatic heterocycles. The van der Waals surface area contributed by atoms with Gasteiger partial charge in [-0.2, -0.15) is 0 Å². The van der Waals surface area contributed by atoms with E-state index in [0.29, 0.717) is 17.2 Å². The molecule has 1 aliphatic rings. The molecule has 1 saturated carbocycles. The lowest BCUT2D eigenvalue weighted by atomic mass is 9.65. The van der Waals surface area contributed by atoms with Crippen LogP contribution in [0.5, 0.6) is 23.0 Å². The van der Waals surface area contributed by atoms with Gasteiger partial charge in [0.15, 0.2) is 0 Å². The van der Waals surface area contributed by atoms with Crippen molar-refractivity contribution in [3.8, 4) is 23.0 Å². The second-order valence-electron chi connectivity index (χ2n) is 12.5. The maximum atomic E-state index is 12.8. The Morgan fingerprint density at radius 1 is 0.644 bits per heavy atom. The van der Waals surface area contributed by atoms with Crippen LogP contribution in [0.1, 0.15) is 86.3 Å². The molecule has 234 valence electrons. The molecule has 1 aliphatic carbocycles. The summed E-state index contributed by atoms with van der Waals surface area (Å²) in [5.74, 6) is 1.94. The molecule has 6 heteroatoms. The van der Waals surface area contributed by atoms with Crippen LogP contribution in [0, 0.1) is 13.8 Å². The first-order chi connectivity index (χ1) is 21.5. The SMILES string of the molecule is COc1ccc(C2(c3ccc(OC(=O)Oc4ccc(C(C)(C)c5ccc(OC(C)=O)cc5)cc4)c(C)c3)CCCCC2)cc1C. The van der Waals surface area contributed by atoms with Crippen LogP contribution >= 0.6 is 0 Å². The Balaban J connectivity index is 1.28. The predicted molar refractivity (Wildman–Crippen MR) is 176 cm³/mol. The molecule has 0 amide bonds. The molecule has 4 aromatic carbocycles. The van der Waals surface area contributed by atoms with E-state index in [0.717, 1.165) is 40.8 Å². The molecule has 0 aromatic heterocycles. The summed E-state index contributed by atoms with van der Waals surface area (Å²) >= 11 is 0. The summed E-state index contributed by atoms with van der Waals surface area (Å²) in [5, 5.41) is 0. The summed E-state index contributed by atoms with van der Waals surface area (Å²) in [6, 6.07) is 27.5. The van der Waals surface area contributed by atoms with Crippen molar-refractivity contribution in [3.05, 3.63) is 118 Å². The first-order valence-corrected chi connectivity index (χ1v) is 15.6. The lowest BCUT2D eigenvalue weighted by Gasteiger charge is -2.39. The smallest absolute Gasteiger partial charge is 0.496 e. The van der Waals surface area contributed by atoms with Gasteiger partial charge in [-0.1, -0.05) is 81.6 Å². The molecule has 6 nitrogen and oxygen atoms in total. The third-order valence-corrected chi connectivity index (χ3v) is 9.19. The Morgan fingerprint density at radius 3 is 1.60 bits per heavy atom. The van der Waals surface area contributed by atoms with E-state index in [1.165, 1.54) is 37.3 Å². The second-order valence-corrected chi connectivity index (χ2v) is 12.5. The molecule has 1 fully saturated rings. The van der Waals surface area contributed by atoms with Crippen molar-refractivity contribution < 1.29 is 28.5 Å². The quantitative estimate of drug-likeness (QED) is 0.113. The topological polar surface area (TPSA) is 71.1 Å². The Labute approximate surface area is 266 Å². The van der Waals surface area contributed by atoms with Crippen molar-refractivity contribution in [3.63, 3.8) is 0 Å². The first kappa shape index (κ1) is 31.8. The number of carbonyl (C=O) groups is 2. The highest BCUT2D eigenvalue weighted by Gasteiger charge is 2.36. The van der Waals surface area contributed by atoms with E-state index in [-0.39, 0.29) is 16.8 Å². The summed E-state index contributed by atoms with van der Waals surface area (Å²) in [6.07, 6.45) is 4.96. The van der Waals surface area contributed by atoms with Crippen LogP contribution in [0.3, 0.4) is 0 Å². The fourth-order valence-corrected chi connectivity index (χ4v) is 6.56. The molecule has 4 aromatic rings. The molecular formula is C39H42O6. The molecule has 0 spiro atoms. The van der Waals surface area contributed by atoms with Gasteiger partial charge in [0.1, 0.15) is 23.0 Å². The molecule has 0 saturated heterocycles. The van der Waals surface area contributed by atoms with Gasteiger partial charge in [-0.05, 0) is 96.5 Å². The molecule has 45 heavy (non-hydrogen) atoms. The first-order valence-electron chi connectivity index (χ1n) is 15.6. The van der Waals surface area contributed by atoms with E-state index in [1.54, 1.807) is 31.4 Å². The maximum Gasteiger partial charge on any atom is 0.519 e. The van der Waals surface area contributed by atoms with E-state index in [9.17, 15) is 9.59 Å². The maximum absolute atomic E-state index is 12.8. The number of ether oxygens (including phenoxy) is 4. The number of benzene rings is 4. The number of hydrogen-bond donors (Lipinski definition) is 0. The number of carbonyl (C=O) groups excluding carboxylic acids is 2. The van der Waals surface area contributed by atoms with Crippen LogP contribution in [-0.2, 0) is 15.6 Å². The lowest BCUT2D eigenvalue weighted by molar-refractivity contribution is -0.131. The summed E-state index contributed by atoms with van der Waals surface area (Å²) < 4.78 is 21.9. The van der Waals surface area contributed by atoms with Crippen LogP contribution in [-0.4, -0.2) is 19.2 Å². The van der Waals surface area contributed by atoms with Gasteiger partial charge < -0.3 is 18.9 Å². The molecule has 0 unspecified atom stereocenters. The van der Waals surface area contributed by atoms with Crippen molar-refractivity contribution in [1.82, 2.24) is 0 Å². The van der Waals surface area contributed by atoms with E-state index in [1.807, 2.05) is 37.3 Å². The number of rotatable bonds is 8. The highest BCUT2D eigenvalue weighted by atomic mass is 16.7. The summed E-state index contributed by atoms with van der Waals surface area (Å²) in [5.41, 5.74) is 6.25. The monoisotopic (exact) mass is 606 g/mol. The van der Waals surface area contributed by atoms with E-state index in [4.69, 9.17) is 18.9 Å². The van der Waals surface area contributed by atoms with Crippen LogP contribution < -0.4 is 18.9 Å². The van der Waals surface area contributed by atoms with Crippen molar-refractivity contribution >= 4 is 12.1 Å². The average molecular weight is 607 g/mol. The number of aryl methyl sites for hydroxylation is 2. The molecule has 0 radical (unpaired) electrons. The number of esters is 1. The highest BCUT2D eigenvalue weighted by Crippen LogP contribution is 2.46. The minimum absolute atomic E-state index is 0.0844. The van der Waals surface area contributed by atoms with Gasteiger partial charge >= 0.3 is 12.1 Å². The van der Waals surface area contributed by atoms with Crippen molar-refractivity contribution in [1.29, 1.82) is 0 Å². The second kappa shape index (κ2) is 13.2. The third-order valence-electron chi connectivity index (χ3n) is 9.19. The fraction of sp³-hybridized carbons (Fsp3) is 0.333. The molecular weight excluding hydrogens is 564 g/mol. The minimum atomic E-state index is -0.780. The van der Waals surface area contributed by atoms with Crippen molar-refractivity contribution in [2.75, 3.05) is 7.11 Å². The largest absolute Gasteiger partial charge is 0.519 e. The predicted octanol–water partition coefficient (Wildman–Crippen LogP) is 9.39. The van der Waals surface area contributed by atoms with Crippen molar-refractivity contribution in [2.24, 2.45) is 0 Å². The molecule has 0 bridgehead atoms. The van der Waals surface area contributed by atoms with Crippen molar-refractivity contribution in [2.45, 2.75) is 77.6 Å². The third kappa shape index (κ3) is 6.90. The average Bonchev–Trinajstić information content (AvgIpc) is 3.02. The van der Waals surface area contributed by atoms with E-state index < -0.39 is 6.16 Å². The van der Waals surface area contributed by atoms with Crippen LogP contribution in [0.25, 0.3) is 0 Å². The molecule has 5 rings (SSSR count). The Hall–Kier alpha value is -4.58. The van der Waals surface area contributed by atoms with Gasteiger partial charge in [0.05, 0.1) is 7.11 Å². The van der Waals surface area contributed by atoms with Gasteiger partial charge in [0.25, 0.3) is 0 Å². The van der Waals surface area contributed by atoms with Crippen LogP contribution in [0.15, 0.2) is 84.9 Å². The molecule has 0 N–H and O–H groups in total. The standard InChI is InChI=1S/C39H42O6/c1-26-24-31(14-20-35(26)42-6)39(22-8-7-9-23-39)32-15-21-36(27(2)25-32)45-37(41)44-34-18-12-30(13-19-34)38(4,5)29-10-16-33(17-11-29)43-28(3)40/h10-21,24-25H,7-9,22-23H2,1-6H3. The normalized spacial score (nSPS) is 14.4. The highest BCUT2D eigenvalue weighted by molar-refractivity contribution is 5.69. The van der Waals surface area contributed by atoms with Gasteiger partial charge in [-0.15, -0.1) is 0 Å². The van der Waals surface area contributed by atoms with E-state index >= 15 is 0 Å². The summed E-state index contributed by atoms with van der Waals surface area (Å²) in [7, 11) is 1.71. The zero-order valence-corrected chi connectivity index (χ0v) is 27.1. The summed E-state index contributed by atoms with van der Waals surface area (Å²) in [6.45, 7) is 9.66. The Bertz CT molecular complexity index is 1660.